The Hall–Kier alpha value is -2.24. The molecule has 0 radical (unpaired) electrons. The Morgan fingerprint density at radius 3 is 2.59 bits per heavy atom. The Labute approximate surface area is 130 Å². The average Bonchev–Trinajstić information content (AvgIpc) is 2.53. The fraction of sp³-hybridized carbons (Fsp3) is 0.500. The second-order valence-corrected chi connectivity index (χ2v) is 5.54. The molecular formula is C16H23N3O3. The number of nitrogens with one attached hydrogen (secondary N) is 3. The molecule has 1 fully saturated rings. The molecule has 0 saturated heterocycles. The number of benzene rings is 1. The molecule has 0 bridgehead atoms. The molecule has 3 amide bonds. The van der Waals surface area contributed by atoms with Crippen molar-refractivity contribution in [3.8, 4) is 5.75 Å². The molecule has 1 aromatic carbocycles. The Balaban J connectivity index is 1.64. The van der Waals surface area contributed by atoms with Gasteiger partial charge in [0.1, 0.15) is 5.75 Å². The average molecular weight is 305 g/mol. The first-order chi connectivity index (χ1) is 10.6. The summed E-state index contributed by atoms with van der Waals surface area (Å²) in [5.74, 6) is 0.256. The van der Waals surface area contributed by atoms with Crippen molar-refractivity contribution in [3.63, 3.8) is 0 Å². The van der Waals surface area contributed by atoms with Gasteiger partial charge < -0.3 is 10.1 Å². The first-order valence-electron chi connectivity index (χ1n) is 7.69. The number of carbonyl (C=O) groups excluding carboxylic acids is 2. The van der Waals surface area contributed by atoms with Crippen LogP contribution in [0.1, 0.15) is 37.7 Å². The predicted octanol–water partition coefficient (Wildman–Crippen LogP) is 2.04. The van der Waals surface area contributed by atoms with Gasteiger partial charge in [-0.1, -0.05) is 37.5 Å². The van der Waals surface area contributed by atoms with Gasteiger partial charge in [-0.15, -0.1) is 0 Å². The lowest BCUT2D eigenvalue weighted by Gasteiger charge is -2.22. The summed E-state index contributed by atoms with van der Waals surface area (Å²) in [5.41, 5.74) is 5.64. The molecule has 2 rings (SSSR count). The van der Waals surface area contributed by atoms with E-state index in [1.54, 1.807) is 6.07 Å². The zero-order valence-electron chi connectivity index (χ0n) is 12.9. The summed E-state index contributed by atoms with van der Waals surface area (Å²) in [6.07, 6.45) is 5.51. The van der Waals surface area contributed by atoms with Crippen LogP contribution in [0, 0.1) is 6.92 Å². The maximum atomic E-state index is 11.7. The fourth-order valence-corrected chi connectivity index (χ4v) is 2.49. The zero-order chi connectivity index (χ0) is 15.8. The lowest BCUT2D eigenvalue weighted by molar-refractivity contribution is -0.123. The van der Waals surface area contributed by atoms with Crippen molar-refractivity contribution in [1.82, 2.24) is 16.2 Å². The number of hydrogen-bond acceptors (Lipinski definition) is 3. The van der Waals surface area contributed by atoms with Crippen LogP contribution in [0.3, 0.4) is 0 Å². The van der Waals surface area contributed by atoms with E-state index < -0.39 is 5.91 Å². The molecule has 6 nitrogen and oxygen atoms in total. The molecule has 22 heavy (non-hydrogen) atoms. The van der Waals surface area contributed by atoms with Crippen molar-refractivity contribution in [2.45, 2.75) is 45.1 Å². The number of aryl methyl sites for hydroxylation is 1. The Kier molecular flexibility index (Phi) is 6.06. The summed E-state index contributed by atoms with van der Waals surface area (Å²) in [7, 11) is 0. The van der Waals surface area contributed by atoms with Gasteiger partial charge in [-0.2, -0.15) is 0 Å². The largest absolute Gasteiger partial charge is 0.483 e. The predicted molar refractivity (Wildman–Crippen MR) is 83.4 cm³/mol. The fourth-order valence-electron chi connectivity index (χ4n) is 2.49. The van der Waals surface area contributed by atoms with Gasteiger partial charge in [0.2, 0.25) is 0 Å². The third-order valence-corrected chi connectivity index (χ3v) is 3.71. The van der Waals surface area contributed by atoms with E-state index in [0.717, 1.165) is 31.2 Å². The molecule has 1 aromatic rings. The maximum Gasteiger partial charge on any atom is 0.333 e. The van der Waals surface area contributed by atoms with Gasteiger partial charge in [0.05, 0.1) is 0 Å². The number of rotatable bonds is 4. The van der Waals surface area contributed by atoms with Gasteiger partial charge >= 0.3 is 6.03 Å². The van der Waals surface area contributed by atoms with Crippen molar-refractivity contribution in [2.24, 2.45) is 0 Å². The van der Waals surface area contributed by atoms with Crippen LogP contribution in [0.5, 0.6) is 5.75 Å². The van der Waals surface area contributed by atoms with Gasteiger partial charge in [-0.25, -0.2) is 10.2 Å². The van der Waals surface area contributed by atoms with E-state index in [-0.39, 0.29) is 18.7 Å². The van der Waals surface area contributed by atoms with Crippen LogP contribution in [0.15, 0.2) is 24.3 Å². The van der Waals surface area contributed by atoms with Crippen LogP contribution in [0.4, 0.5) is 4.79 Å². The SMILES string of the molecule is Cc1ccccc1OCC(=O)NNC(=O)NC1CCCCC1. The van der Waals surface area contributed by atoms with E-state index in [1.165, 1.54) is 6.42 Å². The topological polar surface area (TPSA) is 79.5 Å². The molecule has 0 spiro atoms. The molecule has 1 aliphatic rings. The van der Waals surface area contributed by atoms with Gasteiger partial charge in [-0.05, 0) is 31.4 Å². The minimum absolute atomic E-state index is 0.144. The van der Waals surface area contributed by atoms with Crippen molar-refractivity contribution in [2.75, 3.05) is 6.61 Å². The quantitative estimate of drug-likeness (QED) is 0.745. The molecule has 3 N–H and O–H groups in total. The van der Waals surface area contributed by atoms with E-state index in [0.29, 0.717) is 5.75 Å². The molecule has 0 atom stereocenters. The molecule has 0 unspecified atom stereocenters. The lowest BCUT2D eigenvalue weighted by atomic mass is 9.96. The van der Waals surface area contributed by atoms with E-state index in [9.17, 15) is 9.59 Å². The summed E-state index contributed by atoms with van der Waals surface area (Å²) in [6.45, 7) is 1.76. The number of carbonyl (C=O) groups is 2. The van der Waals surface area contributed by atoms with Crippen molar-refractivity contribution in [1.29, 1.82) is 0 Å². The summed E-state index contributed by atoms with van der Waals surface area (Å²) < 4.78 is 5.40. The van der Waals surface area contributed by atoms with Crippen LogP contribution < -0.4 is 20.9 Å². The summed E-state index contributed by atoms with van der Waals surface area (Å²) in [5, 5.41) is 2.85. The first-order valence-corrected chi connectivity index (χ1v) is 7.69. The first kappa shape index (κ1) is 16.1. The number of urea groups is 1. The Morgan fingerprint density at radius 1 is 1.14 bits per heavy atom. The standard InChI is InChI=1S/C16H23N3O3/c1-12-7-5-6-10-14(12)22-11-15(20)18-19-16(21)17-13-8-3-2-4-9-13/h5-7,10,13H,2-4,8-9,11H2,1H3,(H,18,20)(H2,17,19,21). The molecule has 6 heteroatoms. The molecule has 0 aromatic heterocycles. The molecule has 0 aliphatic heterocycles. The monoisotopic (exact) mass is 305 g/mol. The van der Waals surface area contributed by atoms with Crippen LogP contribution in [0.2, 0.25) is 0 Å². The number of hydrazine groups is 1. The van der Waals surface area contributed by atoms with Gasteiger partial charge in [-0.3, -0.25) is 10.2 Å². The second kappa shape index (κ2) is 8.26. The molecule has 0 heterocycles. The van der Waals surface area contributed by atoms with Crippen molar-refractivity contribution >= 4 is 11.9 Å². The summed E-state index contributed by atoms with van der Waals surface area (Å²) in [6, 6.07) is 7.27. The maximum absolute atomic E-state index is 11.7. The molecular weight excluding hydrogens is 282 g/mol. The molecule has 1 saturated carbocycles. The number of amides is 3. The highest BCUT2D eigenvalue weighted by Crippen LogP contribution is 2.17. The number of ether oxygens (including phenoxy) is 1. The number of para-hydroxylation sites is 1. The number of hydrogen-bond donors (Lipinski definition) is 3. The second-order valence-electron chi connectivity index (χ2n) is 5.54. The van der Waals surface area contributed by atoms with Crippen molar-refractivity contribution < 1.29 is 14.3 Å². The summed E-state index contributed by atoms with van der Waals surface area (Å²) in [4.78, 5) is 23.3. The highest BCUT2D eigenvalue weighted by molar-refractivity contribution is 5.82. The zero-order valence-corrected chi connectivity index (χ0v) is 12.9. The summed E-state index contributed by atoms with van der Waals surface area (Å²) >= 11 is 0. The highest BCUT2D eigenvalue weighted by atomic mass is 16.5. The Bertz CT molecular complexity index is 513. The van der Waals surface area contributed by atoms with E-state index in [2.05, 4.69) is 16.2 Å². The third-order valence-electron chi connectivity index (χ3n) is 3.71. The van der Waals surface area contributed by atoms with E-state index in [4.69, 9.17) is 4.74 Å². The lowest BCUT2D eigenvalue weighted by Crippen LogP contribution is -2.51. The van der Waals surface area contributed by atoms with Gasteiger partial charge in [0.25, 0.3) is 5.91 Å². The van der Waals surface area contributed by atoms with Crippen LogP contribution in [0.25, 0.3) is 0 Å². The van der Waals surface area contributed by atoms with Crippen LogP contribution >= 0.6 is 0 Å². The van der Waals surface area contributed by atoms with Gasteiger partial charge in [0, 0.05) is 6.04 Å². The molecule has 1 aliphatic carbocycles. The minimum Gasteiger partial charge on any atom is -0.483 e. The Morgan fingerprint density at radius 2 is 1.86 bits per heavy atom. The minimum atomic E-state index is -0.401. The van der Waals surface area contributed by atoms with E-state index >= 15 is 0 Å². The molecule has 120 valence electrons. The normalized spacial score (nSPS) is 15.0. The highest BCUT2D eigenvalue weighted by Gasteiger charge is 2.15. The van der Waals surface area contributed by atoms with Crippen LogP contribution in [-0.4, -0.2) is 24.6 Å². The third kappa shape index (κ3) is 5.27. The van der Waals surface area contributed by atoms with E-state index in [1.807, 2.05) is 25.1 Å². The van der Waals surface area contributed by atoms with Crippen LogP contribution in [-0.2, 0) is 4.79 Å². The van der Waals surface area contributed by atoms with Crippen molar-refractivity contribution in [3.05, 3.63) is 29.8 Å². The smallest absolute Gasteiger partial charge is 0.333 e. The van der Waals surface area contributed by atoms with Gasteiger partial charge in [0.15, 0.2) is 6.61 Å².